The maximum Gasteiger partial charge on any atom is 0.122 e. The molecule has 1 heterocycles. The number of rotatable bonds is 9. The highest BCUT2D eigenvalue weighted by molar-refractivity contribution is 6.11. The van der Waals surface area contributed by atoms with Crippen molar-refractivity contribution in [1.29, 1.82) is 0 Å². The molecule has 0 aliphatic heterocycles. The van der Waals surface area contributed by atoms with Crippen molar-refractivity contribution < 1.29 is 0 Å². The number of benzene rings is 11. The predicted octanol–water partition coefficient (Wildman–Crippen LogP) is 17.2. The molecule has 1 aliphatic carbocycles. The molecular weight excluding hydrogens is 823 g/mol. The minimum Gasteiger partial charge on any atom is -0.323 e. The Morgan fingerprint density at radius 2 is 0.882 bits per heavy atom. The predicted molar refractivity (Wildman–Crippen MR) is 285 cm³/mol. The quantitative estimate of drug-likeness (QED) is 0.143. The topological polar surface area (TPSA) is 11.4 Å². The molecule has 0 radical (unpaired) electrons. The first-order valence-corrected chi connectivity index (χ1v) is 23.4. The highest BCUT2D eigenvalue weighted by atomic mass is 15.2. The Kier molecular flexibility index (Phi) is 9.40. The van der Waals surface area contributed by atoms with E-state index in [-0.39, 0.29) is 0 Å². The van der Waals surface area contributed by atoms with E-state index < -0.39 is 5.54 Å². The van der Waals surface area contributed by atoms with E-state index in [1.165, 1.54) is 66.0 Å². The molecule has 0 saturated carbocycles. The average molecular weight is 868 g/mol. The zero-order valence-electron chi connectivity index (χ0n) is 37.3. The van der Waals surface area contributed by atoms with Crippen molar-refractivity contribution >= 4 is 61.0 Å². The summed E-state index contributed by atoms with van der Waals surface area (Å²) < 4.78 is 2.44. The normalized spacial score (nSPS) is 13.9. The zero-order valence-corrected chi connectivity index (χ0v) is 37.3. The van der Waals surface area contributed by atoms with Crippen LogP contribution in [-0.4, -0.2) is 4.57 Å². The summed E-state index contributed by atoms with van der Waals surface area (Å²) in [7, 11) is 0. The molecule has 0 N–H and O–H groups in total. The summed E-state index contributed by atoms with van der Waals surface area (Å²) in [6.45, 7) is 0. The second-order valence-electron chi connectivity index (χ2n) is 17.7. The molecule has 13 rings (SSSR count). The molecule has 320 valence electrons. The molecule has 0 bridgehead atoms. The van der Waals surface area contributed by atoms with Crippen LogP contribution in [0.3, 0.4) is 0 Å². The third kappa shape index (κ3) is 6.21. The molecule has 0 amide bonds. The lowest BCUT2D eigenvalue weighted by Gasteiger charge is -2.45. The van der Waals surface area contributed by atoms with Crippen LogP contribution in [0.25, 0.3) is 60.5 Å². The Balaban J connectivity index is 1.10. The summed E-state index contributed by atoms with van der Waals surface area (Å²) in [6.07, 6.45) is 0. The number of fused-ring (bicyclic) bond motifs is 7. The van der Waals surface area contributed by atoms with Crippen LogP contribution in [0.1, 0.15) is 16.7 Å². The fourth-order valence-corrected chi connectivity index (χ4v) is 11.1. The van der Waals surface area contributed by atoms with E-state index >= 15 is 0 Å². The van der Waals surface area contributed by atoms with Crippen molar-refractivity contribution in [3.05, 3.63) is 290 Å². The molecule has 0 saturated heterocycles. The molecule has 11 aromatic carbocycles. The van der Waals surface area contributed by atoms with E-state index in [1.807, 2.05) is 0 Å². The van der Waals surface area contributed by atoms with Crippen molar-refractivity contribution in [3.63, 3.8) is 0 Å². The minimum absolute atomic E-state index is 0.753. The number of nitrogens with zero attached hydrogens (tertiary/aromatic N) is 3. The van der Waals surface area contributed by atoms with Gasteiger partial charge in [0.05, 0.1) is 16.7 Å². The largest absolute Gasteiger partial charge is 0.323 e. The lowest BCUT2D eigenvalue weighted by Crippen LogP contribution is -2.44. The molecule has 3 heteroatoms. The first-order valence-electron chi connectivity index (χ1n) is 23.4. The van der Waals surface area contributed by atoms with Crippen LogP contribution < -0.4 is 9.80 Å². The number of anilines is 5. The van der Waals surface area contributed by atoms with Crippen molar-refractivity contribution in [1.82, 2.24) is 4.57 Å². The van der Waals surface area contributed by atoms with Crippen LogP contribution in [0.4, 0.5) is 28.4 Å². The maximum absolute atomic E-state index is 2.56. The summed E-state index contributed by atoms with van der Waals surface area (Å²) in [6, 6.07) is 100.0. The van der Waals surface area contributed by atoms with Gasteiger partial charge in [0.15, 0.2) is 0 Å². The number of para-hydroxylation sites is 3. The van der Waals surface area contributed by atoms with Gasteiger partial charge < -0.3 is 14.4 Å². The van der Waals surface area contributed by atoms with Crippen LogP contribution in [-0.2, 0) is 5.54 Å². The van der Waals surface area contributed by atoms with E-state index in [2.05, 4.69) is 287 Å². The second-order valence-corrected chi connectivity index (χ2v) is 17.7. The smallest absolute Gasteiger partial charge is 0.122 e. The Morgan fingerprint density at radius 3 is 1.66 bits per heavy atom. The van der Waals surface area contributed by atoms with Gasteiger partial charge in [0.25, 0.3) is 0 Å². The van der Waals surface area contributed by atoms with E-state index in [0.717, 1.165) is 39.6 Å². The first-order chi connectivity index (χ1) is 33.8. The average Bonchev–Trinajstić information content (AvgIpc) is 3.90. The minimum atomic E-state index is -0.753. The Labute approximate surface area is 396 Å². The Hall–Kier alpha value is -8.92. The van der Waals surface area contributed by atoms with Gasteiger partial charge in [0.1, 0.15) is 5.54 Å². The molecule has 68 heavy (non-hydrogen) atoms. The van der Waals surface area contributed by atoms with Crippen LogP contribution in [0.5, 0.6) is 0 Å². The van der Waals surface area contributed by atoms with Crippen LogP contribution >= 0.6 is 0 Å². The lowest BCUT2D eigenvalue weighted by atomic mass is 9.78. The third-order valence-corrected chi connectivity index (χ3v) is 13.9. The number of aromatic nitrogens is 1. The highest BCUT2D eigenvalue weighted by Crippen LogP contribution is 2.59. The summed E-state index contributed by atoms with van der Waals surface area (Å²) in [5, 5.41) is 4.80. The molecule has 1 aromatic heterocycles. The first kappa shape index (κ1) is 39.4. The summed E-state index contributed by atoms with van der Waals surface area (Å²) in [5.41, 5.74) is 16.6. The van der Waals surface area contributed by atoms with E-state index in [4.69, 9.17) is 0 Å². The van der Waals surface area contributed by atoms with Gasteiger partial charge >= 0.3 is 0 Å². The van der Waals surface area contributed by atoms with Gasteiger partial charge in [0.2, 0.25) is 0 Å². The van der Waals surface area contributed by atoms with E-state index in [9.17, 15) is 0 Å². The fraction of sp³-hybridized carbons (Fsp3) is 0.0154. The summed E-state index contributed by atoms with van der Waals surface area (Å²) in [4.78, 5) is 5.05. The monoisotopic (exact) mass is 867 g/mol. The van der Waals surface area contributed by atoms with Crippen molar-refractivity contribution in [2.45, 2.75) is 5.54 Å². The molecule has 0 fully saturated rings. The lowest BCUT2D eigenvalue weighted by molar-refractivity contribution is 0.644. The van der Waals surface area contributed by atoms with Gasteiger partial charge in [-0.05, 0) is 117 Å². The van der Waals surface area contributed by atoms with Gasteiger partial charge in [-0.1, -0.05) is 200 Å². The van der Waals surface area contributed by atoms with Crippen molar-refractivity contribution in [2.75, 3.05) is 9.80 Å². The van der Waals surface area contributed by atoms with Gasteiger partial charge in [-0.25, -0.2) is 0 Å². The summed E-state index contributed by atoms with van der Waals surface area (Å²) >= 11 is 0. The number of hydrogen-bond acceptors (Lipinski definition) is 2. The van der Waals surface area contributed by atoms with Crippen molar-refractivity contribution in [2.24, 2.45) is 0 Å². The molecule has 1 aliphatic rings. The maximum atomic E-state index is 2.56. The second kappa shape index (κ2) is 16.2. The third-order valence-electron chi connectivity index (χ3n) is 13.9. The Morgan fingerprint density at radius 1 is 0.324 bits per heavy atom. The van der Waals surface area contributed by atoms with Crippen LogP contribution in [0.15, 0.2) is 273 Å². The fourth-order valence-electron chi connectivity index (χ4n) is 11.1. The van der Waals surface area contributed by atoms with E-state index in [1.54, 1.807) is 0 Å². The molecular formula is C65H45N3. The van der Waals surface area contributed by atoms with Gasteiger partial charge in [-0.2, -0.15) is 0 Å². The number of hydrogen-bond donors (Lipinski definition) is 0. The van der Waals surface area contributed by atoms with Crippen molar-refractivity contribution in [3.8, 4) is 27.9 Å². The molecule has 0 spiro atoms. The van der Waals surface area contributed by atoms with Gasteiger partial charge in [-0.3, -0.25) is 0 Å². The molecule has 1 unspecified atom stereocenters. The van der Waals surface area contributed by atoms with E-state index in [0.29, 0.717) is 0 Å². The Bertz CT molecular complexity index is 3760. The SMILES string of the molecule is c1ccc(-c2cccc(-n3c4ccccc4c4ccc(N(c5ccc6c(c5)C(c5ccccc5)(N(c5ccccc5)c5ccccc5)c5ccccc5-6)c5cccc6ccccc56)cc43)c2)cc1. The van der Waals surface area contributed by atoms with Gasteiger partial charge in [0, 0.05) is 44.6 Å². The molecule has 1 atom stereocenters. The summed E-state index contributed by atoms with van der Waals surface area (Å²) in [5.74, 6) is 0. The zero-order chi connectivity index (χ0) is 45.0. The van der Waals surface area contributed by atoms with Crippen LogP contribution in [0, 0.1) is 0 Å². The van der Waals surface area contributed by atoms with Crippen LogP contribution in [0.2, 0.25) is 0 Å². The molecule has 12 aromatic rings. The van der Waals surface area contributed by atoms with Gasteiger partial charge in [-0.15, -0.1) is 0 Å². The molecule has 3 nitrogen and oxygen atoms in total. The standard InChI is InChI=1S/C65H45N3/c1-5-21-46(22-6-1)48-25-19-32-52(43-48)67-63-37-18-16-35-58(63)59-42-40-54(45-64(59)67)66(62-38-20-24-47-23-13-14-33-55(47)62)53-39-41-57-56-34-15-17-36-60(56)65(61(57)44-53,49-26-7-2-8-27-49)68(50-28-9-3-10-29-50)51-30-11-4-12-31-51/h1-45H. The highest BCUT2D eigenvalue weighted by Gasteiger charge is 2.50.